The van der Waals surface area contributed by atoms with Crippen LogP contribution in [0, 0.1) is 0 Å². The monoisotopic (exact) mass is 270 g/mol. The third-order valence-corrected chi connectivity index (χ3v) is 3.53. The molecule has 0 radical (unpaired) electrons. The van der Waals surface area contributed by atoms with Crippen LogP contribution < -0.4 is 11.5 Å². The van der Waals surface area contributed by atoms with Crippen LogP contribution in [0.3, 0.4) is 0 Å². The summed E-state index contributed by atoms with van der Waals surface area (Å²) in [6, 6.07) is 7.20. The zero-order valence-electron chi connectivity index (χ0n) is 11.6. The Morgan fingerprint density at radius 1 is 0.950 bits per heavy atom. The number of pyridine rings is 2. The molecule has 0 saturated carbocycles. The summed E-state index contributed by atoms with van der Waals surface area (Å²) in [6.07, 6.45) is 3.22. The first-order valence-corrected chi connectivity index (χ1v) is 6.47. The van der Waals surface area contributed by atoms with E-state index in [1.165, 1.54) is 0 Å². The van der Waals surface area contributed by atoms with Crippen LogP contribution in [0.15, 0.2) is 36.7 Å². The van der Waals surface area contributed by atoms with Crippen molar-refractivity contribution in [2.24, 2.45) is 0 Å². The van der Waals surface area contributed by atoms with Gasteiger partial charge in [-0.25, -0.2) is 9.97 Å². The molecule has 0 aromatic carbocycles. The minimum absolute atomic E-state index is 0.0457. The highest BCUT2D eigenvalue weighted by Crippen LogP contribution is 2.29. The van der Waals surface area contributed by atoms with Crippen LogP contribution in [-0.4, -0.2) is 15.8 Å². The third kappa shape index (κ3) is 2.61. The highest BCUT2D eigenvalue weighted by Gasteiger charge is 2.25. The zero-order valence-corrected chi connectivity index (χ0v) is 11.6. The van der Waals surface area contributed by atoms with Gasteiger partial charge in [0.15, 0.2) is 0 Å². The van der Waals surface area contributed by atoms with E-state index in [2.05, 4.69) is 9.97 Å². The maximum absolute atomic E-state index is 12.6. The van der Waals surface area contributed by atoms with Gasteiger partial charge in [-0.15, -0.1) is 0 Å². The molecule has 0 fully saturated rings. The molecule has 2 rings (SSSR count). The molecule has 4 N–H and O–H groups in total. The molecule has 0 bridgehead atoms. The van der Waals surface area contributed by atoms with Crippen LogP contribution in [-0.2, 0) is 4.79 Å². The number of nitrogens with two attached hydrogens (primary N) is 2. The molecule has 0 aliphatic carbocycles. The Bertz CT molecular complexity index is 573. The lowest BCUT2D eigenvalue weighted by atomic mass is 9.86. The molecular weight excluding hydrogens is 252 g/mol. The zero-order chi connectivity index (χ0) is 14.7. The van der Waals surface area contributed by atoms with Crippen molar-refractivity contribution in [2.75, 3.05) is 11.5 Å². The largest absolute Gasteiger partial charge is 0.383 e. The number of nitrogens with zero attached hydrogens (tertiary/aromatic N) is 2. The summed E-state index contributed by atoms with van der Waals surface area (Å²) in [5, 5.41) is 0. The number of carbonyl (C=O) groups is 1. The highest BCUT2D eigenvalue weighted by atomic mass is 16.1. The van der Waals surface area contributed by atoms with Crippen molar-refractivity contribution >= 4 is 17.4 Å². The number of nitrogen functional groups attached to an aromatic ring is 2. The Morgan fingerprint density at radius 3 is 1.70 bits per heavy atom. The normalized spacial score (nSPS) is 13.7. The fraction of sp³-hybridized carbons (Fsp3) is 0.267. The number of anilines is 2. The van der Waals surface area contributed by atoms with Gasteiger partial charge >= 0.3 is 0 Å². The topological polar surface area (TPSA) is 94.9 Å². The second-order valence-corrected chi connectivity index (χ2v) is 4.80. The summed E-state index contributed by atoms with van der Waals surface area (Å²) in [4.78, 5) is 20.6. The number of aromatic nitrogens is 2. The standard InChI is InChI=1S/C15H18N4O/c1-9(11-5-3-7-18-14(11)16)13(20)10(2)12-6-4-8-19-15(12)17/h3-10H,1-2H3,(H2,16,18)(H2,17,19). The Hall–Kier alpha value is -2.43. The Morgan fingerprint density at radius 2 is 1.35 bits per heavy atom. The SMILES string of the molecule is CC(C(=O)C(C)c1cccnc1N)c1cccnc1N. The van der Waals surface area contributed by atoms with Crippen LogP contribution in [0.25, 0.3) is 0 Å². The summed E-state index contributed by atoms with van der Waals surface area (Å²) in [6.45, 7) is 3.66. The van der Waals surface area contributed by atoms with E-state index in [4.69, 9.17) is 11.5 Å². The van der Waals surface area contributed by atoms with Crippen LogP contribution in [0.2, 0.25) is 0 Å². The number of ketones is 1. The van der Waals surface area contributed by atoms with E-state index in [1.54, 1.807) is 24.5 Å². The van der Waals surface area contributed by atoms with E-state index >= 15 is 0 Å². The maximum atomic E-state index is 12.6. The van der Waals surface area contributed by atoms with Gasteiger partial charge in [-0.3, -0.25) is 4.79 Å². The first-order valence-electron chi connectivity index (χ1n) is 6.47. The molecule has 104 valence electrons. The summed E-state index contributed by atoms with van der Waals surface area (Å²) in [7, 11) is 0. The number of carbonyl (C=O) groups excluding carboxylic acids is 1. The van der Waals surface area contributed by atoms with Crippen molar-refractivity contribution in [3.8, 4) is 0 Å². The molecule has 0 spiro atoms. The molecule has 2 heterocycles. The predicted octanol–water partition coefficient (Wildman–Crippen LogP) is 2.12. The maximum Gasteiger partial charge on any atom is 0.147 e. The molecule has 0 aliphatic rings. The van der Waals surface area contributed by atoms with E-state index < -0.39 is 0 Å². The van der Waals surface area contributed by atoms with E-state index in [0.717, 1.165) is 11.1 Å². The highest BCUT2D eigenvalue weighted by molar-refractivity contribution is 5.92. The number of hydrogen-bond donors (Lipinski definition) is 2. The second-order valence-electron chi connectivity index (χ2n) is 4.80. The van der Waals surface area contributed by atoms with Crippen LogP contribution in [0.5, 0.6) is 0 Å². The van der Waals surface area contributed by atoms with Crippen molar-refractivity contribution in [3.05, 3.63) is 47.8 Å². The van der Waals surface area contributed by atoms with Gasteiger partial charge in [0.25, 0.3) is 0 Å². The fourth-order valence-electron chi connectivity index (χ4n) is 2.27. The molecule has 2 aromatic rings. The van der Waals surface area contributed by atoms with E-state index in [0.29, 0.717) is 11.6 Å². The van der Waals surface area contributed by atoms with Gasteiger partial charge in [0.05, 0.1) is 0 Å². The Labute approximate surface area is 118 Å². The minimum atomic E-state index is -0.335. The van der Waals surface area contributed by atoms with E-state index in [-0.39, 0.29) is 17.6 Å². The summed E-state index contributed by atoms with van der Waals surface area (Å²) in [5.74, 6) is 0.153. The van der Waals surface area contributed by atoms with Crippen LogP contribution in [0.4, 0.5) is 11.6 Å². The summed E-state index contributed by atoms with van der Waals surface area (Å²) < 4.78 is 0. The minimum Gasteiger partial charge on any atom is -0.383 e. The lowest BCUT2D eigenvalue weighted by molar-refractivity contribution is -0.121. The molecular formula is C15H18N4O. The lowest BCUT2D eigenvalue weighted by Gasteiger charge is -2.18. The number of rotatable bonds is 4. The average Bonchev–Trinajstić information content (AvgIpc) is 2.46. The second kappa shape index (κ2) is 5.69. The molecule has 20 heavy (non-hydrogen) atoms. The van der Waals surface area contributed by atoms with E-state index in [1.807, 2.05) is 26.0 Å². The molecule has 0 amide bonds. The molecule has 5 heteroatoms. The predicted molar refractivity (Wildman–Crippen MR) is 79.1 cm³/mol. The van der Waals surface area contributed by atoms with Gasteiger partial charge in [-0.05, 0) is 12.1 Å². The van der Waals surface area contributed by atoms with Gasteiger partial charge in [0, 0.05) is 35.4 Å². The van der Waals surface area contributed by atoms with Crippen molar-refractivity contribution in [1.29, 1.82) is 0 Å². The first-order chi connectivity index (χ1) is 9.52. The average molecular weight is 270 g/mol. The smallest absolute Gasteiger partial charge is 0.147 e. The molecule has 0 aliphatic heterocycles. The number of Topliss-reactive ketones (excluding diaryl/α,β-unsaturated/α-hetero) is 1. The number of hydrogen-bond acceptors (Lipinski definition) is 5. The molecule has 0 saturated heterocycles. The first kappa shape index (κ1) is 14.0. The van der Waals surface area contributed by atoms with Crippen LogP contribution in [0.1, 0.15) is 36.8 Å². The van der Waals surface area contributed by atoms with Gasteiger partial charge in [-0.1, -0.05) is 26.0 Å². The Kier molecular flexibility index (Phi) is 3.98. The van der Waals surface area contributed by atoms with Crippen molar-refractivity contribution in [2.45, 2.75) is 25.7 Å². The molecule has 2 aromatic heterocycles. The molecule has 5 nitrogen and oxygen atoms in total. The van der Waals surface area contributed by atoms with Crippen molar-refractivity contribution in [1.82, 2.24) is 9.97 Å². The van der Waals surface area contributed by atoms with Crippen molar-refractivity contribution < 1.29 is 4.79 Å². The summed E-state index contributed by atoms with van der Waals surface area (Å²) >= 11 is 0. The van der Waals surface area contributed by atoms with Gasteiger partial charge < -0.3 is 11.5 Å². The third-order valence-electron chi connectivity index (χ3n) is 3.53. The fourth-order valence-corrected chi connectivity index (χ4v) is 2.27. The van der Waals surface area contributed by atoms with Crippen molar-refractivity contribution in [3.63, 3.8) is 0 Å². The van der Waals surface area contributed by atoms with Crippen LogP contribution >= 0.6 is 0 Å². The molecule has 2 atom stereocenters. The quantitative estimate of drug-likeness (QED) is 0.887. The summed E-state index contributed by atoms with van der Waals surface area (Å²) in [5.41, 5.74) is 13.1. The Balaban J connectivity index is 2.28. The van der Waals surface area contributed by atoms with Gasteiger partial charge in [-0.2, -0.15) is 0 Å². The molecule has 2 unspecified atom stereocenters. The van der Waals surface area contributed by atoms with Gasteiger partial charge in [0.1, 0.15) is 17.4 Å². The van der Waals surface area contributed by atoms with Gasteiger partial charge in [0.2, 0.25) is 0 Å². The lowest BCUT2D eigenvalue weighted by Crippen LogP contribution is -2.19. The van der Waals surface area contributed by atoms with E-state index in [9.17, 15) is 4.79 Å².